The molecule has 0 aromatic heterocycles. The lowest BCUT2D eigenvalue weighted by atomic mass is 10.1. The zero-order chi connectivity index (χ0) is 16.9. The molecule has 2 aromatic carbocycles. The zero-order valence-corrected chi connectivity index (χ0v) is 13.3. The van der Waals surface area contributed by atoms with Crippen molar-refractivity contribution >= 4 is 5.91 Å². The summed E-state index contributed by atoms with van der Waals surface area (Å²) >= 11 is 0. The first-order chi connectivity index (χ1) is 11.6. The Morgan fingerprint density at radius 1 is 1.21 bits per heavy atom. The third-order valence-corrected chi connectivity index (χ3v) is 3.67. The summed E-state index contributed by atoms with van der Waals surface area (Å²) in [4.78, 5) is 11.9. The first kappa shape index (κ1) is 16.1. The molecule has 0 bridgehead atoms. The molecule has 2 aromatic rings. The predicted molar refractivity (Wildman–Crippen MR) is 85.9 cm³/mol. The van der Waals surface area contributed by atoms with Gasteiger partial charge in [0.1, 0.15) is 13.2 Å². The highest BCUT2D eigenvalue weighted by molar-refractivity contribution is 5.77. The van der Waals surface area contributed by atoms with Crippen LogP contribution < -0.4 is 19.5 Å². The minimum absolute atomic E-state index is 0.0585. The van der Waals surface area contributed by atoms with Crippen molar-refractivity contribution in [2.24, 2.45) is 0 Å². The first-order valence-electron chi connectivity index (χ1n) is 7.66. The molecule has 1 N–H and O–H groups in total. The van der Waals surface area contributed by atoms with E-state index in [0.29, 0.717) is 25.5 Å². The molecule has 0 radical (unpaired) electrons. The van der Waals surface area contributed by atoms with Crippen LogP contribution in [-0.2, 0) is 11.3 Å². The maximum absolute atomic E-state index is 13.4. The number of benzene rings is 2. The third kappa shape index (κ3) is 3.76. The quantitative estimate of drug-likeness (QED) is 0.915. The van der Waals surface area contributed by atoms with Gasteiger partial charge in [-0.2, -0.15) is 0 Å². The van der Waals surface area contributed by atoms with Gasteiger partial charge in [0.15, 0.2) is 29.7 Å². The Morgan fingerprint density at radius 2 is 1.92 bits per heavy atom. The molecular formula is C18H18FNO4. The summed E-state index contributed by atoms with van der Waals surface area (Å²) in [5, 5.41) is 2.75. The van der Waals surface area contributed by atoms with Crippen molar-refractivity contribution < 1.29 is 23.4 Å². The van der Waals surface area contributed by atoms with Gasteiger partial charge in [0.25, 0.3) is 5.91 Å². The number of fused-ring (bicyclic) bond motifs is 1. The van der Waals surface area contributed by atoms with Gasteiger partial charge < -0.3 is 19.5 Å². The Morgan fingerprint density at radius 3 is 2.67 bits per heavy atom. The van der Waals surface area contributed by atoms with Crippen LogP contribution in [0.1, 0.15) is 11.1 Å². The minimum Gasteiger partial charge on any atom is -0.486 e. The molecule has 5 nitrogen and oxygen atoms in total. The van der Waals surface area contributed by atoms with Crippen LogP contribution in [0.25, 0.3) is 0 Å². The summed E-state index contributed by atoms with van der Waals surface area (Å²) in [5.41, 5.74) is 1.92. The fourth-order valence-corrected chi connectivity index (χ4v) is 2.37. The summed E-state index contributed by atoms with van der Waals surface area (Å²) in [7, 11) is 0. The number of para-hydroxylation sites is 1. The van der Waals surface area contributed by atoms with Gasteiger partial charge in [0, 0.05) is 6.54 Å². The number of hydrogen-bond donors (Lipinski definition) is 1. The summed E-state index contributed by atoms with van der Waals surface area (Å²) < 4.78 is 29.7. The standard InChI is InChI=1S/C18H18FNO4/c1-12-8-16-17(23-7-6-22-16)9-13(12)10-20-18(21)11-24-15-5-3-2-4-14(15)19/h2-5,8-9H,6-7,10-11H2,1H3,(H,20,21). The van der Waals surface area contributed by atoms with E-state index in [-0.39, 0.29) is 18.3 Å². The summed E-state index contributed by atoms with van der Waals surface area (Å²) in [6, 6.07) is 9.73. The van der Waals surface area contributed by atoms with Crippen molar-refractivity contribution in [1.29, 1.82) is 0 Å². The highest BCUT2D eigenvalue weighted by atomic mass is 19.1. The van der Waals surface area contributed by atoms with Crippen LogP contribution in [0.4, 0.5) is 4.39 Å². The van der Waals surface area contributed by atoms with Crippen LogP contribution in [0.5, 0.6) is 17.2 Å². The van der Waals surface area contributed by atoms with E-state index in [0.717, 1.165) is 16.9 Å². The van der Waals surface area contributed by atoms with Gasteiger partial charge in [-0.1, -0.05) is 12.1 Å². The van der Waals surface area contributed by atoms with Crippen molar-refractivity contribution in [3.8, 4) is 17.2 Å². The van der Waals surface area contributed by atoms with E-state index in [1.165, 1.54) is 12.1 Å². The van der Waals surface area contributed by atoms with Gasteiger partial charge >= 0.3 is 0 Å². The fraction of sp³-hybridized carbons (Fsp3) is 0.278. The van der Waals surface area contributed by atoms with Crippen molar-refractivity contribution in [2.75, 3.05) is 19.8 Å². The molecule has 24 heavy (non-hydrogen) atoms. The van der Waals surface area contributed by atoms with E-state index in [4.69, 9.17) is 14.2 Å². The monoisotopic (exact) mass is 331 g/mol. The van der Waals surface area contributed by atoms with E-state index in [9.17, 15) is 9.18 Å². The molecule has 0 aliphatic carbocycles. The van der Waals surface area contributed by atoms with E-state index >= 15 is 0 Å². The average Bonchev–Trinajstić information content (AvgIpc) is 2.59. The lowest BCUT2D eigenvalue weighted by molar-refractivity contribution is -0.123. The molecular weight excluding hydrogens is 313 g/mol. The number of nitrogens with one attached hydrogen (secondary N) is 1. The lowest BCUT2D eigenvalue weighted by Gasteiger charge is -2.20. The molecule has 6 heteroatoms. The lowest BCUT2D eigenvalue weighted by Crippen LogP contribution is -2.29. The highest BCUT2D eigenvalue weighted by Gasteiger charge is 2.14. The normalized spacial score (nSPS) is 12.6. The Bertz CT molecular complexity index is 748. The summed E-state index contributed by atoms with van der Waals surface area (Å²) in [6.45, 7) is 3.08. The van der Waals surface area contributed by atoms with Gasteiger partial charge in [-0.25, -0.2) is 4.39 Å². The number of amides is 1. The second-order valence-electron chi connectivity index (χ2n) is 5.42. The molecule has 1 amide bonds. The minimum atomic E-state index is -0.493. The molecule has 0 fully saturated rings. The van der Waals surface area contributed by atoms with Gasteiger partial charge in [-0.15, -0.1) is 0 Å². The van der Waals surface area contributed by atoms with Crippen LogP contribution >= 0.6 is 0 Å². The molecule has 1 aliphatic rings. The van der Waals surface area contributed by atoms with Crippen LogP contribution in [0.2, 0.25) is 0 Å². The zero-order valence-electron chi connectivity index (χ0n) is 13.3. The number of carbonyl (C=O) groups is 1. The smallest absolute Gasteiger partial charge is 0.258 e. The van der Waals surface area contributed by atoms with Gasteiger partial charge in [0.05, 0.1) is 0 Å². The molecule has 0 saturated heterocycles. The average molecular weight is 331 g/mol. The Balaban J connectivity index is 1.55. The fourth-order valence-electron chi connectivity index (χ4n) is 2.37. The molecule has 3 rings (SSSR count). The Labute approximate surface area is 139 Å². The van der Waals surface area contributed by atoms with Gasteiger partial charge in [-0.3, -0.25) is 4.79 Å². The Hall–Kier alpha value is -2.76. The molecule has 126 valence electrons. The number of aryl methyl sites for hydroxylation is 1. The molecule has 0 unspecified atom stereocenters. The van der Waals surface area contributed by atoms with E-state index in [1.54, 1.807) is 12.1 Å². The number of carbonyl (C=O) groups excluding carboxylic acids is 1. The maximum Gasteiger partial charge on any atom is 0.258 e. The maximum atomic E-state index is 13.4. The summed E-state index contributed by atoms with van der Waals surface area (Å²) in [5.74, 6) is 0.638. The van der Waals surface area contributed by atoms with Crippen molar-refractivity contribution in [3.63, 3.8) is 0 Å². The van der Waals surface area contributed by atoms with E-state index < -0.39 is 5.82 Å². The predicted octanol–water partition coefficient (Wildman–Crippen LogP) is 2.60. The van der Waals surface area contributed by atoms with Gasteiger partial charge in [-0.05, 0) is 42.3 Å². The number of hydrogen-bond acceptors (Lipinski definition) is 4. The van der Waals surface area contributed by atoms with Crippen molar-refractivity contribution in [3.05, 3.63) is 53.3 Å². The Kier molecular flexibility index (Phi) is 4.84. The number of halogens is 1. The van der Waals surface area contributed by atoms with Crippen molar-refractivity contribution in [1.82, 2.24) is 5.32 Å². The molecule has 1 heterocycles. The molecule has 1 aliphatic heterocycles. The second-order valence-corrected chi connectivity index (χ2v) is 5.42. The molecule has 0 atom stereocenters. The third-order valence-electron chi connectivity index (χ3n) is 3.67. The topological polar surface area (TPSA) is 56.8 Å². The van der Waals surface area contributed by atoms with Crippen LogP contribution in [0.3, 0.4) is 0 Å². The van der Waals surface area contributed by atoms with E-state index in [1.807, 2.05) is 19.1 Å². The van der Waals surface area contributed by atoms with Crippen LogP contribution in [0, 0.1) is 12.7 Å². The SMILES string of the molecule is Cc1cc2c(cc1CNC(=O)COc1ccccc1F)OCCO2. The molecule has 0 saturated carbocycles. The summed E-state index contributed by atoms with van der Waals surface area (Å²) in [6.07, 6.45) is 0. The second kappa shape index (κ2) is 7.21. The van der Waals surface area contributed by atoms with Crippen LogP contribution in [-0.4, -0.2) is 25.7 Å². The van der Waals surface area contributed by atoms with Crippen LogP contribution in [0.15, 0.2) is 36.4 Å². The highest BCUT2D eigenvalue weighted by Crippen LogP contribution is 2.32. The largest absolute Gasteiger partial charge is 0.486 e. The van der Waals surface area contributed by atoms with Crippen molar-refractivity contribution in [2.45, 2.75) is 13.5 Å². The first-order valence-corrected chi connectivity index (χ1v) is 7.66. The van der Waals surface area contributed by atoms with Gasteiger partial charge in [0.2, 0.25) is 0 Å². The molecule has 0 spiro atoms. The number of ether oxygens (including phenoxy) is 3. The van der Waals surface area contributed by atoms with E-state index in [2.05, 4.69) is 5.32 Å². The number of rotatable bonds is 5.